The van der Waals surface area contributed by atoms with Crippen molar-refractivity contribution in [1.29, 1.82) is 0 Å². The number of aromatic nitrogens is 1. The highest BCUT2D eigenvalue weighted by Gasteiger charge is 2.59. The molecule has 2 aliphatic rings. The van der Waals surface area contributed by atoms with Gasteiger partial charge in [-0.1, -0.05) is 60.7 Å². The largest absolute Gasteiger partial charge is 0.356 e. The monoisotopic (exact) mass is 478 g/mol. The fourth-order valence-electron chi connectivity index (χ4n) is 5.53. The summed E-state index contributed by atoms with van der Waals surface area (Å²) < 4.78 is 0. The number of anilines is 1. The fourth-order valence-corrected chi connectivity index (χ4v) is 5.53. The third-order valence-corrected chi connectivity index (χ3v) is 7.40. The number of fused-ring (bicyclic) bond motifs is 5. The number of aromatic amines is 1. The number of carbonyl (C=O) groups excluding carboxylic acids is 3. The quantitative estimate of drug-likeness (QED) is 0.418. The van der Waals surface area contributed by atoms with Crippen LogP contribution in [0.5, 0.6) is 0 Å². The first-order valence-corrected chi connectivity index (χ1v) is 12.2. The van der Waals surface area contributed by atoms with E-state index in [0.29, 0.717) is 37.2 Å². The molecule has 0 aliphatic carbocycles. The number of H-pyrrole nitrogens is 1. The molecule has 1 saturated heterocycles. The molecular weight excluding hydrogens is 452 g/mol. The van der Waals surface area contributed by atoms with E-state index in [1.165, 1.54) is 4.90 Å². The van der Waals surface area contributed by atoms with Crippen molar-refractivity contribution >= 4 is 34.4 Å². The molecule has 0 bridgehead atoms. The first-order valence-electron chi connectivity index (χ1n) is 12.2. The Hall–Kier alpha value is -4.39. The molecule has 2 aliphatic heterocycles. The number of imide groups is 1. The molecule has 7 heteroatoms. The lowest BCUT2D eigenvalue weighted by atomic mass is 9.87. The minimum Gasteiger partial charge on any atom is -0.356 e. The zero-order chi connectivity index (χ0) is 24.9. The predicted octanol–water partition coefficient (Wildman–Crippen LogP) is 4.38. The van der Waals surface area contributed by atoms with Crippen molar-refractivity contribution in [3.05, 3.63) is 101 Å². The van der Waals surface area contributed by atoms with Gasteiger partial charge in [-0.2, -0.15) is 0 Å². The lowest BCUT2D eigenvalue weighted by Gasteiger charge is -2.35. The van der Waals surface area contributed by atoms with Crippen LogP contribution in [0.25, 0.3) is 10.9 Å². The van der Waals surface area contributed by atoms with Crippen molar-refractivity contribution in [2.45, 2.75) is 25.3 Å². The molecule has 4 amide bonds. The van der Waals surface area contributed by atoms with E-state index in [0.717, 1.165) is 27.7 Å². The van der Waals surface area contributed by atoms with Crippen LogP contribution < -0.4 is 10.2 Å². The molecule has 1 unspecified atom stereocenters. The van der Waals surface area contributed by atoms with E-state index in [1.54, 1.807) is 36.1 Å². The van der Waals surface area contributed by atoms with Crippen LogP contribution in [-0.2, 0) is 23.2 Å². The summed E-state index contributed by atoms with van der Waals surface area (Å²) in [5, 5.41) is 4.01. The smallest absolute Gasteiger partial charge is 0.332 e. The zero-order valence-electron chi connectivity index (χ0n) is 20.0. The summed E-state index contributed by atoms with van der Waals surface area (Å²) in [7, 11) is 0. The molecule has 180 valence electrons. The summed E-state index contributed by atoms with van der Waals surface area (Å²) in [6.07, 6.45) is 1.34. The normalized spacial score (nSPS) is 18.9. The zero-order valence-corrected chi connectivity index (χ0v) is 20.0. The van der Waals surface area contributed by atoms with Gasteiger partial charge in [0.05, 0.1) is 16.9 Å². The number of hydrogen-bond donors (Lipinski definition) is 2. The van der Waals surface area contributed by atoms with E-state index in [9.17, 15) is 14.4 Å². The number of para-hydroxylation sites is 2. The minimum absolute atomic E-state index is 0.299. The van der Waals surface area contributed by atoms with Gasteiger partial charge in [0.15, 0.2) is 5.54 Å². The number of nitrogens with one attached hydrogen (secondary N) is 2. The summed E-state index contributed by atoms with van der Waals surface area (Å²) in [4.78, 5) is 47.0. The van der Waals surface area contributed by atoms with E-state index in [-0.39, 0.29) is 11.8 Å². The Morgan fingerprint density at radius 3 is 2.53 bits per heavy atom. The Morgan fingerprint density at radius 2 is 1.69 bits per heavy atom. The van der Waals surface area contributed by atoms with Crippen LogP contribution in [0.1, 0.15) is 34.1 Å². The lowest BCUT2D eigenvalue weighted by molar-refractivity contribution is -0.125. The van der Waals surface area contributed by atoms with Crippen molar-refractivity contribution in [2.75, 3.05) is 18.0 Å². The lowest BCUT2D eigenvalue weighted by Crippen LogP contribution is -2.49. The Balaban J connectivity index is 1.32. The first-order chi connectivity index (χ1) is 17.5. The molecule has 6 rings (SSSR count). The van der Waals surface area contributed by atoms with Crippen molar-refractivity contribution in [3.8, 4) is 0 Å². The standard InChI is InChI=1S/C29H26N4O3/c1-29-25-21(20-11-5-7-13-23(20)31-25)16-18-32(29)28(36)33(27(29)35)24-14-8-6-12-22(24)26(34)30-17-15-19-9-3-2-4-10-19/h2-14,31H,15-18H2,1H3,(H,30,34). The number of urea groups is 1. The molecule has 1 fully saturated rings. The highest BCUT2D eigenvalue weighted by molar-refractivity contribution is 6.25. The van der Waals surface area contributed by atoms with Crippen LogP contribution in [0.4, 0.5) is 10.5 Å². The van der Waals surface area contributed by atoms with Gasteiger partial charge >= 0.3 is 6.03 Å². The fraction of sp³-hybridized carbons (Fsp3) is 0.207. The Bertz CT molecular complexity index is 1510. The summed E-state index contributed by atoms with van der Waals surface area (Å²) in [6, 6.07) is 24.2. The first kappa shape index (κ1) is 22.1. The van der Waals surface area contributed by atoms with Gasteiger partial charge in [0.1, 0.15) is 0 Å². The number of amides is 4. The second kappa shape index (κ2) is 8.37. The molecule has 0 saturated carbocycles. The average molecular weight is 479 g/mol. The van der Waals surface area contributed by atoms with Crippen molar-refractivity contribution in [1.82, 2.24) is 15.2 Å². The third-order valence-electron chi connectivity index (χ3n) is 7.40. The van der Waals surface area contributed by atoms with E-state index >= 15 is 0 Å². The number of benzene rings is 3. The molecule has 0 radical (unpaired) electrons. The molecule has 7 nitrogen and oxygen atoms in total. The molecule has 4 aromatic rings. The molecule has 0 spiro atoms. The van der Waals surface area contributed by atoms with Crippen LogP contribution in [-0.4, -0.2) is 40.8 Å². The molecule has 36 heavy (non-hydrogen) atoms. The number of hydrogen-bond acceptors (Lipinski definition) is 3. The van der Waals surface area contributed by atoms with Gasteiger partial charge in [-0.15, -0.1) is 0 Å². The number of nitrogens with zero attached hydrogens (tertiary/aromatic N) is 2. The van der Waals surface area contributed by atoms with Gasteiger partial charge in [-0.25, -0.2) is 9.69 Å². The molecule has 3 aromatic carbocycles. The second-order valence-corrected chi connectivity index (χ2v) is 9.43. The van der Waals surface area contributed by atoms with Crippen molar-refractivity contribution in [2.24, 2.45) is 0 Å². The maximum atomic E-state index is 14.0. The van der Waals surface area contributed by atoms with Gasteiger partial charge in [0.25, 0.3) is 11.8 Å². The molecule has 1 aromatic heterocycles. The predicted molar refractivity (Wildman–Crippen MR) is 138 cm³/mol. The Morgan fingerprint density at radius 1 is 0.972 bits per heavy atom. The SMILES string of the molecule is CC12C(=O)N(c3ccccc3C(=O)NCCc3ccccc3)C(=O)N1CCc1c2[nH]c2ccccc12. The van der Waals surface area contributed by atoms with E-state index in [2.05, 4.69) is 10.3 Å². The van der Waals surface area contributed by atoms with Crippen LogP contribution in [0.2, 0.25) is 0 Å². The van der Waals surface area contributed by atoms with E-state index in [1.807, 2.05) is 54.6 Å². The Labute approximate surface area is 208 Å². The molecular formula is C29H26N4O3. The highest BCUT2D eigenvalue weighted by Crippen LogP contribution is 2.45. The summed E-state index contributed by atoms with van der Waals surface area (Å²) >= 11 is 0. The second-order valence-electron chi connectivity index (χ2n) is 9.43. The van der Waals surface area contributed by atoms with Crippen LogP contribution in [0, 0.1) is 0 Å². The topological polar surface area (TPSA) is 85.5 Å². The van der Waals surface area contributed by atoms with Gasteiger partial charge in [-0.05, 0) is 49.1 Å². The third kappa shape index (κ3) is 3.23. The molecule has 3 heterocycles. The maximum Gasteiger partial charge on any atom is 0.332 e. The number of rotatable bonds is 5. The Kier molecular flexibility index (Phi) is 5.14. The van der Waals surface area contributed by atoms with Gasteiger partial charge in [0.2, 0.25) is 0 Å². The van der Waals surface area contributed by atoms with Gasteiger partial charge in [-0.3, -0.25) is 9.59 Å². The summed E-state index contributed by atoms with van der Waals surface area (Å²) in [5.41, 5.74) is 3.32. The van der Waals surface area contributed by atoms with Crippen LogP contribution in [0.15, 0.2) is 78.9 Å². The number of carbonyl (C=O) groups is 3. The highest BCUT2D eigenvalue weighted by atomic mass is 16.2. The van der Waals surface area contributed by atoms with Gasteiger partial charge in [0, 0.05) is 24.0 Å². The van der Waals surface area contributed by atoms with E-state index < -0.39 is 11.6 Å². The summed E-state index contributed by atoms with van der Waals surface area (Å²) in [6.45, 7) is 2.67. The van der Waals surface area contributed by atoms with Crippen molar-refractivity contribution in [3.63, 3.8) is 0 Å². The average Bonchev–Trinajstić information content (AvgIpc) is 3.38. The maximum absolute atomic E-state index is 14.0. The van der Waals surface area contributed by atoms with Gasteiger partial charge < -0.3 is 15.2 Å². The van der Waals surface area contributed by atoms with E-state index in [4.69, 9.17) is 0 Å². The van der Waals surface area contributed by atoms with Crippen LogP contribution >= 0.6 is 0 Å². The molecule has 2 N–H and O–H groups in total. The van der Waals surface area contributed by atoms with Crippen LogP contribution in [0.3, 0.4) is 0 Å². The minimum atomic E-state index is -1.17. The summed E-state index contributed by atoms with van der Waals surface area (Å²) in [5.74, 6) is -0.673. The molecule has 1 atom stereocenters. The van der Waals surface area contributed by atoms with Crippen molar-refractivity contribution < 1.29 is 14.4 Å².